The Hall–Kier alpha value is -1.10. The van der Waals surface area contributed by atoms with Crippen LogP contribution in [0.2, 0.25) is 4.34 Å². The number of rotatable bonds is 3. The van der Waals surface area contributed by atoms with E-state index < -0.39 is 0 Å². The summed E-state index contributed by atoms with van der Waals surface area (Å²) in [6, 6.07) is 10.6. The maximum atomic E-state index is 5.97. The van der Waals surface area contributed by atoms with Gasteiger partial charge >= 0.3 is 0 Å². The molecule has 0 saturated carbocycles. The van der Waals surface area contributed by atoms with Gasteiger partial charge in [-0.15, -0.1) is 11.3 Å². The fraction of sp³-hybridized carbons (Fsp3) is 0.214. The third kappa shape index (κ3) is 2.76. The van der Waals surface area contributed by atoms with Gasteiger partial charge in [-0.05, 0) is 43.7 Å². The second-order valence-corrected chi connectivity index (χ2v) is 7.28. The van der Waals surface area contributed by atoms with E-state index in [1.165, 1.54) is 15.1 Å². The fourth-order valence-corrected chi connectivity index (χ4v) is 3.91. The van der Waals surface area contributed by atoms with Crippen LogP contribution in [-0.4, -0.2) is 4.98 Å². The fourth-order valence-electron chi connectivity index (χ4n) is 1.92. The van der Waals surface area contributed by atoms with Gasteiger partial charge in [-0.2, -0.15) is 0 Å². The molecule has 3 rings (SSSR count). The average molecular weight is 309 g/mol. The zero-order chi connectivity index (χ0) is 13.4. The van der Waals surface area contributed by atoms with Crippen molar-refractivity contribution in [2.75, 3.05) is 5.32 Å². The number of hydrogen-bond acceptors (Lipinski definition) is 4. The van der Waals surface area contributed by atoms with Gasteiger partial charge in [0.2, 0.25) is 0 Å². The number of benzene rings is 1. The van der Waals surface area contributed by atoms with Crippen LogP contribution in [0.4, 0.5) is 5.13 Å². The van der Waals surface area contributed by atoms with Crippen LogP contribution < -0.4 is 5.32 Å². The summed E-state index contributed by atoms with van der Waals surface area (Å²) in [5.41, 5.74) is 2.30. The van der Waals surface area contributed by atoms with Gasteiger partial charge in [0.25, 0.3) is 0 Å². The Bertz CT molecular complexity index is 717. The molecule has 1 aromatic carbocycles. The quantitative estimate of drug-likeness (QED) is 0.691. The van der Waals surface area contributed by atoms with Crippen LogP contribution >= 0.6 is 34.3 Å². The lowest BCUT2D eigenvalue weighted by Crippen LogP contribution is -2.03. The minimum absolute atomic E-state index is 0.221. The maximum absolute atomic E-state index is 5.97. The molecule has 0 aliphatic carbocycles. The van der Waals surface area contributed by atoms with Crippen molar-refractivity contribution in [1.29, 1.82) is 0 Å². The van der Waals surface area contributed by atoms with E-state index in [0.717, 1.165) is 15.0 Å². The molecule has 3 aromatic rings. The second-order valence-electron chi connectivity index (χ2n) is 4.50. The third-order valence-corrected chi connectivity index (χ3v) is 5.29. The summed E-state index contributed by atoms with van der Waals surface area (Å²) < 4.78 is 2.04. The molecule has 1 N–H and O–H groups in total. The third-order valence-electron chi connectivity index (χ3n) is 2.90. The molecule has 0 saturated heterocycles. The summed E-state index contributed by atoms with van der Waals surface area (Å²) in [5.74, 6) is 0. The molecule has 98 valence electrons. The van der Waals surface area contributed by atoms with Crippen LogP contribution in [0.25, 0.3) is 10.2 Å². The molecular weight excluding hydrogens is 296 g/mol. The molecule has 0 radical (unpaired) electrons. The molecule has 2 heterocycles. The molecule has 2 nitrogen and oxygen atoms in total. The van der Waals surface area contributed by atoms with Crippen LogP contribution in [0, 0.1) is 6.92 Å². The highest BCUT2D eigenvalue weighted by Crippen LogP contribution is 2.32. The number of hydrogen-bond donors (Lipinski definition) is 1. The lowest BCUT2D eigenvalue weighted by molar-refractivity contribution is 0.905. The van der Waals surface area contributed by atoms with E-state index in [0.29, 0.717) is 0 Å². The van der Waals surface area contributed by atoms with Crippen LogP contribution in [0.15, 0.2) is 30.3 Å². The van der Waals surface area contributed by atoms with Crippen LogP contribution in [-0.2, 0) is 0 Å². The predicted octanol–water partition coefficient (Wildman–Crippen LogP) is 5.49. The van der Waals surface area contributed by atoms with E-state index in [4.69, 9.17) is 11.6 Å². The number of halogens is 1. The number of nitrogens with zero attached hydrogens (tertiary/aromatic N) is 1. The van der Waals surface area contributed by atoms with Crippen molar-refractivity contribution in [2.24, 2.45) is 0 Å². The summed E-state index contributed by atoms with van der Waals surface area (Å²) in [4.78, 5) is 5.85. The Morgan fingerprint density at radius 3 is 2.79 bits per heavy atom. The standard InChI is InChI=1S/C14H13ClN2S2/c1-8-3-4-12-10(7-8)17-14(19-12)16-9(2)11-5-6-13(15)18-11/h3-7,9H,1-2H3,(H,16,17). The first-order chi connectivity index (χ1) is 9.11. The average Bonchev–Trinajstić information content (AvgIpc) is 2.94. The van der Waals surface area contributed by atoms with Crippen molar-refractivity contribution in [2.45, 2.75) is 19.9 Å². The number of nitrogens with one attached hydrogen (secondary N) is 1. The first kappa shape index (κ1) is 12.9. The highest BCUT2D eigenvalue weighted by atomic mass is 35.5. The van der Waals surface area contributed by atoms with Crippen LogP contribution in [0.3, 0.4) is 0 Å². The largest absolute Gasteiger partial charge is 0.354 e. The molecule has 1 atom stereocenters. The molecule has 0 spiro atoms. The highest BCUT2D eigenvalue weighted by Gasteiger charge is 2.11. The summed E-state index contributed by atoms with van der Waals surface area (Å²) in [5, 5.41) is 4.40. The zero-order valence-electron chi connectivity index (χ0n) is 10.6. The van der Waals surface area contributed by atoms with Gasteiger partial charge in [0.15, 0.2) is 5.13 Å². The normalized spacial score (nSPS) is 12.8. The number of thiazole rings is 1. The SMILES string of the molecule is Cc1ccc2sc(NC(C)c3ccc(Cl)s3)nc2c1. The molecule has 0 aliphatic rings. The predicted molar refractivity (Wildman–Crippen MR) is 85.7 cm³/mol. The Labute approximate surface area is 125 Å². The van der Waals surface area contributed by atoms with Gasteiger partial charge in [-0.25, -0.2) is 4.98 Å². The van der Waals surface area contributed by atoms with Gasteiger partial charge in [-0.3, -0.25) is 0 Å². The first-order valence-electron chi connectivity index (χ1n) is 6.01. The molecule has 5 heteroatoms. The number of thiophene rings is 1. The second kappa shape index (κ2) is 5.12. The van der Waals surface area contributed by atoms with E-state index in [1.807, 2.05) is 6.07 Å². The van der Waals surface area contributed by atoms with Crippen molar-refractivity contribution < 1.29 is 0 Å². The van der Waals surface area contributed by atoms with Crippen LogP contribution in [0.5, 0.6) is 0 Å². The molecule has 19 heavy (non-hydrogen) atoms. The monoisotopic (exact) mass is 308 g/mol. The number of aryl methyl sites for hydroxylation is 1. The van der Waals surface area contributed by atoms with Gasteiger partial charge in [0.1, 0.15) is 0 Å². The number of anilines is 1. The van der Waals surface area contributed by atoms with Crippen molar-refractivity contribution in [3.63, 3.8) is 0 Å². The Morgan fingerprint density at radius 2 is 2.05 bits per heavy atom. The van der Waals surface area contributed by atoms with Gasteiger partial charge in [-0.1, -0.05) is 29.0 Å². The molecular formula is C14H13ClN2S2. The molecule has 1 unspecified atom stereocenters. The van der Waals surface area contributed by atoms with Crippen molar-refractivity contribution in [1.82, 2.24) is 4.98 Å². The molecule has 0 aliphatic heterocycles. The number of fused-ring (bicyclic) bond motifs is 1. The van der Waals surface area contributed by atoms with Crippen molar-refractivity contribution in [3.05, 3.63) is 45.1 Å². The first-order valence-corrected chi connectivity index (χ1v) is 8.02. The van der Waals surface area contributed by atoms with Crippen molar-refractivity contribution in [3.8, 4) is 0 Å². The van der Waals surface area contributed by atoms with E-state index in [2.05, 4.69) is 48.4 Å². The lowest BCUT2D eigenvalue weighted by Gasteiger charge is -2.09. The lowest BCUT2D eigenvalue weighted by atomic mass is 10.2. The summed E-state index contributed by atoms with van der Waals surface area (Å²) in [6.07, 6.45) is 0. The van der Waals surface area contributed by atoms with Gasteiger partial charge < -0.3 is 5.32 Å². The molecule has 0 amide bonds. The summed E-state index contributed by atoms with van der Waals surface area (Å²) in [7, 11) is 0. The minimum atomic E-state index is 0.221. The zero-order valence-corrected chi connectivity index (χ0v) is 13.0. The molecule has 0 fully saturated rings. The van der Waals surface area contributed by atoms with E-state index in [9.17, 15) is 0 Å². The van der Waals surface area contributed by atoms with Gasteiger partial charge in [0, 0.05) is 4.88 Å². The van der Waals surface area contributed by atoms with E-state index in [-0.39, 0.29) is 6.04 Å². The smallest absolute Gasteiger partial charge is 0.184 e. The summed E-state index contributed by atoms with van der Waals surface area (Å²) >= 11 is 9.26. The molecule has 2 aromatic heterocycles. The van der Waals surface area contributed by atoms with Crippen LogP contribution in [0.1, 0.15) is 23.4 Å². The van der Waals surface area contributed by atoms with Crippen molar-refractivity contribution >= 4 is 49.6 Å². The molecule has 0 bridgehead atoms. The Balaban J connectivity index is 1.85. The minimum Gasteiger partial charge on any atom is -0.354 e. The maximum Gasteiger partial charge on any atom is 0.184 e. The Morgan fingerprint density at radius 1 is 1.21 bits per heavy atom. The summed E-state index contributed by atoms with van der Waals surface area (Å²) in [6.45, 7) is 4.21. The number of aromatic nitrogens is 1. The van der Waals surface area contributed by atoms with E-state index >= 15 is 0 Å². The highest BCUT2D eigenvalue weighted by molar-refractivity contribution is 7.22. The van der Waals surface area contributed by atoms with E-state index in [1.54, 1.807) is 22.7 Å². The topological polar surface area (TPSA) is 24.9 Å². The van der Waals surface area contributed by atoms with Gasteiger partial charge in [0.05, 0.1) is 20.6 Å². The Kier molecular flexibility index (Phi) is 3.48.